The lowest BCUT2D eigenvalue weighted by molar-refractivity contribution is -0.125. The van der Waals surface area contributed by atoms with E-state index in [1.54, 1.807) is 25.1 Å². The SMILES string of the molecule is CC1CN(Cc2ccccc2F)C(=O)NC1=O. The van der Waals surface area contributed by atoms with Gasteiger partial charge in [0, 0.05) is 12.1 Å². The largest absolute Gasteiger partial charge is 0.324 e. The highest BCUT2D eigenvalue weighted by atomic mass is 19.1. The monoisotopic (exact) mass is 236 g/mol. The number of urea groups is 1. The molecule has 1 aliphatic rings. The summed E-state index contributed by atoms with van der Waals surface area (Å²) < 4.78 is 13.4. The highest BCUT2D eigenvalue weighted by Gasteiger charge is 2.29. The Morgan fingerprint density at radius 1 is 1.41 bits per heavy atom. The molecular formula is C12H13FN2O2. The molecule has 4 nitrogen and oxygen atoms in total. The lowest BCUT2D eigenvalue weighted by Gasteiger charge is -2.30. The Morgan fingerprint density at radius 2 is 2.12 bits per heavy atom. The third kappa shape index (κ3) is 2.43. The molecule has 3 amide bonds. The van der Waals surface area contributed by atoms with Gasteiger partial charge in [0.1, 0.15) is 5.82 Å². The van der Waals surface area contributed by atoms with Gasteiger partial charge in [-0.05, 0) is 6.07 Å². The number of nitrogens with one attached hydrogen (secondary N) is 1. The first-order chi connectivity index (χ1) is 8.08. The number of halogens is 1. The zero-order valence-electron chi connectivity index (χ0n) is 9.44. The van der Waals surface area contributed by atoms with Crippen LogP contribution in [0.3, 0.4) is 0 Å². The van der Waals surface area contributed by atoms with Gasteiger partial charge in [0.2, 0.25) is 5.91 Å². The Hall–Kier alpha value is -1.91. The normalized spacial score (nSPS) is 20.4. The van der Waals surface area contributed by atoms with Crippen LogP contribution in [0.5, 0.6) is 0 Å². The molecule has 17 heavy (non-hydrogen) atoms. The third-order valence-electron chi connectivity index (χ3n) is 2.78. The van der Waals surface area contributed by atoms with Crippen LogP contribution in [0.4, 0.5) is 9.18 Å². The lowest BCUT2D eigenvalue weighted by Crippen LogP contribution is -2.53. The predicted octanol–water partition coefficient (Wildman–Crippen LogP) is 1.51. The summed E-state index contributed by atoms with van der Waals surface area (Å²) in [5, 5.41) is 2.24. The van der Waals surface area contributed by atoms with Gasteiger partial charge in [0.25, 0.3) is 0 Å². The van der Waals surface area contributed by atoms with E-state index in [-0.39, 0.29) is 24.2 Å². The summed E-state index contributed by atoms with van der Waals surface area (Å²) in [5.74, 6) is -0.885. The highest BCUT2D eigenvalue weighted by Crippen LogP contribution is 2.14. The van der Waals surface area contributed by atoms with Gasteiger partial charge in [0.05, 0.1) is 12.5 Å². The number of benzene rings is 1. The Morgan fingerprint density at radius 3 is 2.82 bits per heavy atom. The Balaban J connectivity index is 2.11. The topological polar surface area (TPSA) is 49.4 Å². The van der Waals surface area contributed by atoms with Crippen LogP contribution >= 0.6 is 0 Å². The van der Waals surface area contributed by atoms with Gasteiger partial charge in [-0.15, -0.1) is 0 Å². The van der Waals surface area contributed by atoms with Crippen molar-refractivity contribution in [2.45, 2.75) is 13.5 Å². The summed E-state index contributed by atoms with van der Waals surface area (Å²) in [6, 6.07) is 5.84. The molecule has 0 aromatic heterocycles. The van der Waals surface area contributed by atoms with Gasteiger partial charge in [0.15, 0.2) is 0 Å². The number of rotatable bonds is 2. The van der Waals surface area contributed by atoms with Crippen LogP contribution in [0.1, 0.15) is 12.5 Å². The zero-order valence-corrected chi connectivity index (χ0v) is 9.44. The number of hydrogen-bond donors (Lipinski definition) is 1. The second-order valence-electron chi connectivity index (χ2n) is 4.17. The second-order valence-corrected chi connectivity index (χ2v) is 4.17. The number of amides is 3. The molecular weight excluding hydrogens is 223 g/mol. The molecule has 1 fully saturated rings. The van der Waals surface area contributed by atoms with Crippen molar-refractivity contribution in [1.82, 2.24) is 10.2 Å². The van der Waals surface area contributed by atoms with Crippen molar-refractivity contribution in [3.05, 3.63) is 35.6 Å². The molecule has 0 bridgehead atoms. The molecule has 0 radical (unpaired) electrons. The third-order valence-corrected chi connectivity index (χ3v) is 2.78. The standard InChI is InChI=1S/C12H13FN2O2/c1-8-6-15(12(17)14-11(8)16)7-9-4-2-3-5-10(9)13/h2-5,8H,6-7H2,1H3,(H,14,16,17). The molecule has 1 heterocycles. The van der Waals surface area contributed by atoms with Crippen LogP contribution in [0.25, 0.3) is 0 Å². The first-order valence-electron chi connectivity index (χ1n) is 5.41. The summed E-state index contributed by atoms with van der Waals surface area (Å²) in [5.41, 5.74) is 0.448. The smallest absolute Gasteiger partial charge is 0.319 e. The van der Waals surface area contributed by atoms with Crippen LogP contribution in [-0.4, -0.2) is 23.4 Å². The molecule has 0 aliphatic carbocycles. The number of hydrogen-bond acceptors (Lipinski definition) is 2. The fourth-order valence-corrected chi connectivity index (χ4v) is 1.77. The molecule has 1 atom stereocenters. The second kappa shape index (κ2) is 4.53. The molecule has 0 saturated carbocycles. The van der Waals surface area contributed by atoms with Crippen molar-refractivity contribution in [2.24, 2.45) is 5.92 Å². The fourth-order valence-electron chi connectivity index (χ4n) is 1.77. The predicted molar refractivity (Wildman–Crippen MR) is 59.5 cm³/mol. The van der Waals surface area contributed by atoms with E-state index in [0.29, 0.717) is 12.1 Å². The average molecular weight is 236 g/mol. The van der Waals surface area contributed by atoms with Crippen LogP contribution < -0.4 is 5.32 Å². The van der Waals surface area contributed by atoms with Crippen LogP contribution in [0, 0.1) is 11.7 Å². The lowest BCUT2D eigenvalue weighted by atomic mass is 10.1. The van der Waals surface area contributed by atoms with Gasteiger partial charge in [-0.25, -0.2) is 9.18 Å². The maximum absolute atomic E-state index is 13.4. The van der Waals surface area contributed by atoms with Crippen molar-refractivity contribution < 1.29 is 14.0 Å². The first-order valence-corrected chi connectivity index (χ1v) is 5.41. The van der Waals surface area contributed by atoms with E-state index in [0.717, 1.165) is 0 Å². The summed E-state index contributed by atoms with van der Waals surface area (Å²) in [6.45, 7) is 2.23. The van der Waals surface area contributed by atoms with Gasteiger partial charge in [-0.1, -0.05) is 25.1 Å². The number of carbonyl (C=O) groups is 2. The summed E-state index contributed by atoms with van der Waals surface area (Å²) in [6.07, 6.45) is 0. The van der Waals surface area contributed by atoms with Crippen molar-refractivity contribution in [1.29, 1.82) is 0 Å². The number of nitrogens with zero attached hydrogens (tertiary/aromatic N) is 1. The Bertz CT molecular complexity index is 462. The minimum atomic E-state index is -0.462. The molecule has 1 aliphatic heterocycles. The van der Waals surface area contributed by atoms with E-state index < -0.39 is 6.03 Å². The Kier molecular flexibility index (Phi) is 3.08. The van der Waals surface area contributed by atoms with Gasteiger partial charge in [-0.3, -0.25) is 10.1 Å². The molecule has 1 saturated heterocycles. The molecule has 1 N–H and O–H groups in total. The fraction of sp³-hybridized carbons (Fsp3) is 0.333. The average Bonchev–Trinajstić information content (AvgIpc) is 2.29. The van der Waals surface area contributed by atoms with Gasteiger partial charge >= 0.3 is 6.03 Å². The van der Waals surface area contributed by atoms with E-state index in [1.807, 2.05) is 0 Å². The first kappa shape index (κ1) is 11.6. The van der Waals surface area contributed by atoms with E-state index in [9.17, 15) is 14.0 Å². The molecule has 1 unspecified atom stereocenters. The maximum Gasteiger partial charge on any atom is 0.324 e. The summed E-state index contributed by atoms with van der Waals surface area (Å²) in [4.78, 5) is 24.2. The van der Waals surface area contributed by atoms with E-state index in [4.69, 9.17) is 0 Å². The van der Waals surface area contributed by atoms with E-state index in [2.05, 4.69) is 5.32 Å². The van der Waals surface area contributed by atoms with Crippen molar-refractivity contribution in [2.75, 3.05) is 6.54 Å². The molecule has 2 rings (SSSR count). The summed E-state index contributed by atoms with van der Waals surface area (Å²) >= 11 is 0. The van der Waals surface area contributed by atoms with Gasteiger partial charge < -0.3 is 4.90 Å². The molecule has 0 spiro atoms. The molecule has 1 aromatic carbocycles. The Labute approximate surface area is 98.4 Å². The minimum Gasteiger partial charge on any atom is -0.319 e. The zero-order chi connectivity index (χ0) is 12.4. The van der Waals surface area contributed by atoms with Crippen molar-refractivity contribution in [3.8, 4) is 0 Å². The number of imide groups is 1. The van der Waals surface area contributed by atoms with E-state index >= 15 is 0 Å². The van der Waals surface area contributed by atoms with E-state index in [1.165, 1.54) is 11.0 Å². The quantitative estimate of drug-likeness (QED) is 0.846. The summed E-state index contributed by atoms with van der Waals surface area (Å²) in [7, 11) is 0. The molecule has 5 heteroatoms. The number of carbonyl (C=O) groups excluding carboxylic acids is 2. The molecule has 1 aromatic rings. The molecule has 90 valence electrons. The maximum atomic E-state index is 13.4. The van der Waals surface area contributed by atoms with Crippen molar-refractivity contribution >= 4 is 11.9 Å². The van der Waals surface area contributed by atoms with Crippen LogP contribution in [0.15, 0.2) is 24.3 Å². The minimum absolute atomic E-state index is 0.177. The van der Waals surface area contributed by atoms with Gasteiger partial charge in [-0.2, -0.15) is 0 Å². The van der Waals surface area contributed by atoms with Crippen molar-refractivity contribution in [3.63, 3.8) is 0 Å². The van der Waals surface area contributed by atoms with Crippen LogP contribution in [-0.2, 0) is 11.3 Å². The van der Waals surface area contributed by atoms with Crippen LogP contribution in [0.2, 0.25) is 0 Å². The highest BCUT2D eigenvalue weighted by molar-refractivity contribution is 5.97.